The minimum Gasteiger partial charge on any atom is -0.494 e. The molecule has 0 atom stereocenters. The second-order valence-corrected chi connectivity index (χ2v) is 5.27. The summed E-state index contributed by atoms with van der Waals surface area (Å²) < 4.78 is 5.54. The zero-order valence-corrected chi connectivity index (χ0v) is 11.4. The van der Waals surface area contributed by atoms with Gasteiger partial charge in [0.15, 0.2) is 5.78 Å². The van der Waals surface area contributed by atoms with Crippen LogP contribution in [0.4, 0.5) is 0 Å². The molecule has 1 aromatic carbocycles. The quantitative estimate of drug-likeness (QED) is 0.757. The molecule has 0 aliphatic heterocycles. The average molecular weight is 260 g/mol. The fourth-order valence-electron chi connectivity index (χ4n) is 1.68. The molecule has 0 unspecified atom stereocenters. The van der Waals surface area contributed by atoms with Crippen LogP contribution in [0.3, 0.4) is 0 Å². The van der Waals surface area contributed by atoms with E-state index in [-0.39, 0.29) is 5.78 Å². The van der Waals surface area contributed by atoms with Gasteiger partial charge in [0.05, 0.1) is 6.61 Å². The van der Waals surface area contributed by atoms with Gasteiger partial charge in [0, 0.05) is 21.4 Å². The summed E-state index contributed by atoms with van der Waals surface area (Å²) in [5, 5.41) is 1.90. The van der Waals surface area contributed by atoms with Crippen molar-refractivity contribution in [2.75, 3.05) is 6.61 Å². The lowest BCUT2D eigenvalue weighted by molar-refractivity contribution is 0.103. The highest BCUT2D eigenvalue weighted by Gasteiger charge is 2.11. The van der Waals surface area contributed by atoms with Gasteiger partial charge in [0.2, 0.25) is 0 Å². The Morgan fingerprint density at radius 2 is 2.11 bits per heavy atom. The van der Waals surface area contributed by atoms with Crippen LogP contribution in [0, 0.1) is 6.92 Å². The minimum absolute atomic E-state index is 0.0568. The summed E-state index contributed by atoms with van der Waals surface area (Å²) in [7, 11) is 0. The molecule has 94 valence electrons. The van der Waals surface area contributed by atoms with Crippen LogP contribution in [0.2, 0.25) is 0 Å². The van der Waals surface area contributed by atoms with Crippen molar-refractivity contribution in [2.24, 2.45) is 0 Å². The molecule has 0 amide bonds. The standard InChI is InChI=1S/C15H16O2S/c1-3-7-17-14-6-4-5-12(9-14)15(16)13-8-11(2)18-10-13/h4-6,8-10H,3,7H2,1-2H3. The van der Waals surface area contributed by atoms with E-state index in [4.69, 9.17) is 4.74 Å². The number of rotatable bonds is 5. The van der Waals surface area contributed by atoms with Crippen molar-refractivity contribution in [3.63, 3.8) is 0 Å². The van der Waals surface area contributed by atoms with Crippen LogP contribution < -0.4 is 4.74 Å². The zero-order chi connectivity index (χ0) is 13.0. The summed E-state index contributed by atoms with van der Waals surface area (Å²) in [4.78, 5) is 13.4. The van der Waals surface area contributed by atoms with E-state index >= 15 is 0 Å². The van der Waals surface area contributed by atoms with Crippen LogP contribution in [-0.2, 0) is 0 Å². The molecular formula is C15H16O2S. The highest BCUT2D eigenvalue weighted by molar-refractivity contribution is 7.10. The summed E-state index contributed by atoms with van der Waals surface area (Å²) in [6.45, 7) is 4.74. The lowest BCUT2D eigenvalue weighted by atomic mass is 10.1. The Balaban J connectivity index is 2.20. The summed E-state index contributed by atoms with van der Waals surface area (Å²) in [5.74, 6) is 0.816. The molecule has 1 aromatic heterocycles. The third-order valence-corrected chi connectivity index (χ3v) is 3.42. The highest BCUT2D eigenvalue weighted by atomic mass is 32.1. The third-order valence-electron chi connectivity index (χ3n) is 2.56. The molecule has 2 aromatic rings. The van der Waals surface area contributed by atoms with E-state index < -0.39 is 0 Å². The van der Waals surface area contributed by atoms with Crippen LogP contribution in [0.5, 0.6) is 5.75 Å². The summed E-state index contributed by atoms with van der Waals surface area (Å²) in [5.41, 5.74) is 1.44. The van der Waals surface area contributed by atoms with Crippen LogP contribution in [0.1, 0.15) is 34.1 Å². The molecule has 2 nitrogen and oxygen atoms in total. The predicted molar refractivity (Wildman–Crippen MR) is 74.7 cm³/mol. The summed E-state index contributed by atoms with van der Waals surface area (Å²) in [6, 6.07) is 9.30. The zero-order valence-electron chi connectivity index (χ0n) is 10.6. The number of ether oxygens (including phenoxy) is 1. The smallest absolute Gasteiger partial charge is 0.194 e. The van der Waals surface area contributed by atoms with Gasteiger partial charge in [0.25, 0.3) is 0 Å². The van der Waals surface area contributed by atoms with Crippen molar-refractivity contribution in [3.8, 4) is 5.75 Å². The number of aryl methyl sites for hydroxylation is 1. The van der Waals surface area contributed by atoms with Gasteiger partial charge in [-0.2, -0.15) is 0 Å². The molecule has 2 rings (SSSR count). The fraction of sp³-hybridized carbons (Fsp3) is 0.267. The Bertz CT molecular complexity index is 543. The van der Waals surface area contributed by atoms with Gasteiger partial charge in [-0.25, -0.2) is 0 Å². The van der Waals surface area contributed by atoms with Crippen LogP contribution in [-0.4, -0.2) is 12.4 Å². The molecular weight excluding hydrogens is 244 g/mol. The Labute approximate surface area is 111 Å². The summed E-state index contributed by atoms with van der Waals surface area (Å²) >= 11 is 1.59. The third kappa shape index (κ3) is 2.99. The molecule has 0 saturated heterocycles. The number of hydrogen-bond donors (Lipinski definition) is 0. The van der Waals surface area contributed by atoms with E-state index in [1.54, 1.807) is 11.3 Å². The Kier molecular flexibility index (Phi) is 4.15. The van der Waals surface area contributed by atoms with Gasteiger partial charge in [0.1, 0.15) is 5.75 Å². The first kappa shape index (κ1) is 12.8. The molecule has 0 aliphatic carbocycles. The number of hydrogen-bond acceptors (Lipinski definition) is 3. The van der Waals surface area contributed by atoms with Gasteiger partial charge in [-0.3, -0.25) is 4.79 Å². The maximum Gasteiger partial charge on any atom is 0.194 e. The molecule has 0 radical (unpaired) electrons. The van der Waals surface area contributed by atoms with Crippen molar-refractivity contribution >= 4 is 17.1 Å². The first-order chi connectivity index (χ1) is 8.70. The Hall–Kier alpha value is -1.61. The van der Waals surface area contributed by atoms with Crippen molar-refractivity contribution < 1.29 is 9.53 Å². The monoisotopic (exact) mass is 260 g/mol. The molecule has 0 fully saturated rings. The maximum absolute atomic E-state index is 12.2. The maximum atomic E-state index is 12.2. The van der Waals surface area contributed by atoms with Gasteiger partial charge in [-0.05, 0) is 31.5 Å². The summed E-state index contributed by atoms with van der Waals surface area (Å²) in [6.07, 6.45) is 0.960. The highest BCUT2D eigenvalue weighted by Crippen LogP contribution is 2.20. The molecule has 1 heterocycles. The van der Waals surface area contributed by atoms with Gasteiger partial charge < -0.3 is 4.74 Å². The van der Waals surface area contributed by atoms with E-state index in [0.29, 0.717) is 12.2 Å². The lowest BCUT2D eigenvalue weighted by Crippen LogP contribution is -2.01. The first-order valence-electron chi connectivity index (χ1n) is 6.03. The van der Waals surface area contributed by atoms with Crippen LogP contribution >= 0.6 is 11.3 Å². The second kappa shape index (κ2) is 5.83. The van der Waals surface area contributed by atoms with E-state index in [1.165, 1.54) is 0 Å². The number of carbonyl (C=O) groups is 1. The van der Waals surface area contributed by atoms with Gasteiger partial charge in [-0.1, -0.05) is 19.1 Å². The van der Waals surface area contributed by atoms with Crippen LogP contribution in [0.25, 0.3) is 0 Å². The number of ketones is 1. The Morgan fingerprint density at radius 1 is 1.28 bits per heavy atom. The van der Waals surface area contributed by atoms with Crippen molar-refractivity contribution in [2.45, 2.75) is 20.3 Å². The lowest BCUT2D eigenvalue weighted by Gasteiger charge is -2.05. The number of benzene rings is 1. The molecule has 3 heteroatoms. The average Bonchev–Trinajstić information content (AvgIpc) is 2.82. The van der Waals surface area contributed by atoms with Gasteiger partial charge >= 0.3 is 0 Å². The molecule has 0 bridgehead atoms. The first-order valence-corrected chi connectivity index (χ1v) is 6.91. The minimum atomic E-state index is 0.0568. The Morgan fingerprint density at radius 3 is 2.78 bits per heavy atom. The van der Waals surface area contributed by atoms with Crippen LogP contribution in [0.15, 0.2) is 35.7 Å². The molecule has 18 heavy (non-hydrogen) atoms. The van der Waals surface area contributed by atoms with Gasteiger partial charge in [-0.15, -0.1) is 11.3 Å². The van der Waals surface area contributed by atoms with E-state index in [2.05, 4.69) is 6.92 Å². The van der Waals surface area contributed by atoms with E-state index in [0.717, 1.165) is 22.6 Å². The second-order valence-electron chi connectivity index (χ2n) is 4.15. The number of thiophene rings is 1. The van der Waals surface area contributed by atoms with Crippen molar-refractivity contribution in [1.29, 1.82) is 0 Å². The van der Waals surface area contributed by atoms with Crippen molar-refractivity contribution in [1.82, 2.24) is 0 Å². The normalized spacial score (nSPS) is 10.3. The largest absolute Gasteiger partial charge is 0.494 e. The topological polar surface area (TPSA) is 26.3 Å². The molecule has 0 N–H and O–H groups in total. The molecule has 0 saturated carbocycles. The molecule has 0 aliphatic rings. The van der Waals surface area contributed by atoms with E-state index in [1.807, 2.05) is 42.6 Å². The fourth-order valence-corrected chi connectivity index (χ4v) is 2.36. The van der Waals surface area contributed by atoms with Crippen molar-refractivity contribution in [3.05, 3.63) is 51.7 Å². The number of carbonyl (C=O) groups excluding carboxylic acids is 1. The predicted octanol–water partition coefficient (Wildman–Crippen LogP) is 4.08. The SMILES string of the molecule is CCCOc1cccc(C(=O)c2csc(C)c2)c1. The molecule has 0 spiro atoms. The van der Waals surface area contributed by atoms with E-state index in [9.17, 15) is 4.79 Å².